The minimum absolute atomic E-state index is 0.118. The van der Waals surface area contributed by atoms with Crippen LogP contribution in [0.1, 0.15) is 37.6 Å². The van der Waals surface area contributed by atoms with E-state index in [0.29, 0.717) is 13.1 Å². The van der Waals surface area contributed by atoms with Gasteiger partial charge in [0.2, 0.25) is 0 Å². The lowest BCUT2D eigenvalue weighted by molar-refractivity contribution is 0.0762. The van der Waals surface area contributed by atoms with E-state index in [0.717, 1.165) is 12.5 Å². The normalized spacial score (nSPS) is 16.0. The maximum atomic E-state index is 12.9. The number of phenols is 1. The molecular weight excluding hydrogens is 257 g/mol. The van der Waals surface area contributed by atoms with Crippen LogP contribution in [-0.2, 0) is 0 Å². The lowest BCUT2D eigenvalue weighted by Crippen LogP contribution is -2.36. The van der Waals surface area contributed by atoms with E-state index >= 15 is 0 Å². The Morgan fingerprint density at radius 2 is 2.05 bits per heavy atom. The molecule has 1 amide bonds. The lowest BCUT2D eigenvalue weighted by Gasteiger charge is -2.32. The van der Waals surface area contributed by atoms with Gasteiger partial charge in [-0.3, -0.25) is 4.79 Å². The minimum Gasteiger partial charge on any atom is -0.507 e. The molecule has 0 spiro atoms. The third-order valence-electron chi connectivity index (χ3n) is 3.65. The summed E-state index contributed by atoms with van der Waals surface area (Å²) in [5, 5.41) is 9.67. The number of halogens is 1. The third kappa shape index (κ3) is 3.00. The van der Waals surface area contributed by atoms with Crippen LogP contribution in [0.3, 0.4) is 0 Å². The zero-order valence-electron chi connectivity index (χ0n) is 12.1. The quantitative estimate of drug-likeness (QED) is 0.800. The maximum Gasteiger partial charge on any atom is 0.257 e. The van der Waals surface area contributed by atoms with E-state index in [-0.39, 0.29) is 22.6 Å². The Kier molecular flexibility index (Phi) is 3.84. The highest BCUT2D eigenvalue weighted by Gasteiger charge is 2.25. The summed E-state index contributed by atoms with van der Waals surface area (Å²) in [6.07, 6.45) is 2.90. The standard InChI is InChI=1S/C16H20FNO2/c1-16(2,3)11-6-8-18(9-7-11)15(20)13-5-4-12(17)10-14(13)19/h4-6,10,19H,7-9H2,1-3H3. The molecule has 0 unspecified atom stereocenters. The zero-order chi connectivity index (χ0) is 14.9. The van der Waals surface area contributed by atoms with Crippen molar-refractivity contribution in [3.05, 3.63) is 41.2 Å². The van der Waals surface area contributed by atoms with Crippen molar-refractivity contribution < 1.29 is 14.3 Å². The fraction of sp³-hybridized carbons (Fsp3) is 0.438. The molecule has 1 N–H and O–H groups in total. The first-order chi connectivity index (χ1) is 9.29. The van der Waals surface area contributed by atoms with Crippen molar-refractivity contribution in [1.82, 2.24) is 4.90 Å². The van der Waals surface area contributed by atoms with E-state index < -0.39 is 5.82 Å². The summed E-state index contributed by atoms with van der Waals surface area (Å²) in [4.78, 5) is 14.0. The van der Waals surface area contributed by atoms with Crippen LogP contribution in [0, 0.1) is 11.2 Å². The molecule has 1 aromatic carbocycles. The molecule has 2 rings (SSSR count). The molecule has 3 nitrogen and oxygen atoms in total. The van der Waals surface area contributed by atoms with Gasteiger partial charge in [0, 0.05) is 19.2 Å². The molecule has 0 radical (unpaired) electrons. The Bertz CT molecular complexity index is 558. The average molecular weight is 277 g/mol. The van der Waals surface area contributed by atoms with E-state index in [1.807, 2.05) is 0 Å². The van der Waals surface area contributed by atoms with Crippen molar-refractivity contribution in [1.29, 1.82) is 0 Å². The van der Waals surface area contributed by atoms with Crippen LogP contribution >= 0.6 is 0 Å². The minimum atomic E-state index is -0.549. The second-order valence-corrected chi connectivity index (χ2v) is 6.14. The Labute approximate surface area is 118 Å². The average Bonchev–Trinajstić information content (AvgIpc) is 2.37. The van der Waals surface area contributed by atoms with Gasteiger partial charge in [-0.1, -0.05) is 32.4 Å². The van der Waals surface area contributed by atoms with Gasteiger partial charge in [-0.25, -0.2) is 4.39 Å². The summed E-state index contributed by atoms with van der Waals surface area (Å²) in [6.45, 7) is 7.62. The molecule has 1 aliphatic heterocycles. The summed E-state index contributed by atoms with van der Waals surface area (Å²) in [7, 11) is 0. The number of hydrogen-bond donors (Lipinski definition) is 1. The van der Waals surface area contributed by atoms with Gasteiger partial charge in [-0.15, -0.1) is 0 Å². The number of hydrogen-bond acceptors (Lipinski definition) is 2. The molecule has 1 aliphatic rings. The summed E-state index contributed by atoms with van der Waals surface area (Å²) >= 11 is 0. The number of carbonyl (C=O) groups is 1. The van der Waals surface area contributed by atoms with Crippen LogP contribution in [0.5, 0.6) is 5.75 Å². The summed E-state index contributed by atoms with van der Waals surface area (Å²) in [6, 6.07) is 3.48. The zero-order valence-corrected chi connectivity index (χ0v) is 12.1. The molecule has 0 fully saturated rings. The molecular formula is C16H20FNO2. The number of amides is 1. The number of aromatic hydroxyl groups is 1. The molecule has 0 saturated heterocycles. The number of phenolic OH excluding ortho intramolecular Hbond substituents is 1. The fourth-order valence-electron chi connectivity index (χ4n) is 2.39. The van der Waals surface area contributed by atoms with Gasteiger partial charge in [-0.05, 0) is 24.0 Å². The van der Waals surface area contributed by atoms with Crippen molar-refractivity contribution in [2.75, 3.05) is 13.1 Å². The predicted octanol–water partition coefficient (Wildman–Crippen LogP) is 3.35. The SMILES string of the molecule is CC(C)(C)C1=CCN(C(=O)c2ccc(F)cc2O)CC1. The Morgan fingerprint density at radius 1 is 1.35 bits per heavy atom. The van der Waals surface area contributed by atoms with Crippen molar-refractivity contribution in [3.8, 4) is 5.75 Å². The second-order valence-electron chi connectivity index (χ2n) is 6.14. The fourth-order valence-corrected chi connectivity index (χ4v) is 2.39. The monoisotopic (exact) mass is 277 g/mol. The van der Waals surface area contributed by atoms with Crippen LogP contribution in [0.4, 0.5) is 4.39 Å². The molecule has 108 valence electrons. The van der Waals surface area contributed by atoms with Crippen LogP contribution in [0.15, 0.2) is 29.8 Å². The van der Waals surface area contributed by atoms with Crippen molar-refractivity contribution in [3.63, 3.8) is 0 Å². The Hall–Kier alpha value is -1.84. The summed E-state index contributed by atoms with van der Waals surface area (Å²) in [5.74, 6) is -1.11. The predicted molar refractivity (Wildman–Crippen MR) is 76.1 cm³/mol. The van der Waals surface area contributed by atoms with E-state index in [2.05, 4.69) is 26.8 Å². The molecule has 1 heterocycles. The molecule has 4 heteroatoms. The highest BCUT2D eigenvalue weighted by molar-refractivity contribution is 5.97. The number of carbonyl (C=O) groups excluding carboxylic acids is 1. The van der Waals surface area contributed by atoms with Gasteiger partial charge in [0.05, 0.1) is 5.56 Å². The highest BCUT2D eigenvalue weighted by Crippen LogP contribution is 2.31. The molecule has 0 aromatic heterocycles. The molecule has 20 heavy (non-hydrogen) atoms. The van der Waals surface area contributed by atoms with Crippen molar-refractivity contribution in [2.45, 2.75) is 27.2 Å². The van der Waals surface area contributed by atoms with Gasteiger partial charge >= 0.3 is 0 Å². The molecule has 0 aliphatic carbocycles. The van der Waals surface area contributed by atoms with E-state index in [4.69, 9.17) is 0 Å². The van der Waals surface area contributed by atoms with Crippen LogP contribution in [-0.4, -0.2) is 29.0 Å². The van der Waals surface area contributed by atoms with Crippen LogP contribution < -0.4 is 0 Å². The first kappa shape index (κ1) is 14.6. The second kappa shape index (κ2) is 5.27. The number of nitrogens with zero attached hydrogens (tertiary/aromatic N) is 1. The van der Waals surface area contributed by atoms with Gasteiger partial charge in [0.15, 0.2) is 0 Å². The Morgan fingerprint density at radius 3 is 2.55 bits per heavy atom. The largest absolute Gasteiger partial charge is 0.507 e. The molecule has 1 aromatic rings. The van der Waals surface area contributed by atoms with Gasteiger partial charge < -0.3 is 10.0 Å². The van der Waals surface area contributed by atoms with E-state index in [9.17, 15) is 14.3 Å². The number of rotatable bonds is 1. The molecule has 0 saturated carbocycles. The van der Waals surface area contributed by atoms with Crippen LogP contribution in [0.2, 0.25) is 0 Å². The maximum absolute atomic E-state index is 12.9. The smallest absolute Gasteiger partial charge is 0.257 e. The first-order valence-electron chi connectivity index (χ1n) is 6.76. The summed E-state index contributed by atoms with van der Waals surface area (Å²) < 4.78 is 12.9. The first-order valence-corrected chi connectivity index (χ1v) is 6.76. The molecule has 0 atom stereocenters. The van der Waals surface area contributed by atoms with Crippen molar-refractivity contribution >= 4 is 5.91 Å². The topological polar surface area (TPSA) is 40.5 Å². The Balaban J connectivity index is 2.14. The number of benzene rings is 1. The van der Waals surface area contributed by atoms with Gasteiger partial charge in [-0.2, -0.15) is 0 Å². The van der Waals surface area contributed by atoms with Gasteiger partial charge in [0.1, 0.15) is 11.6 Å². The molecule has 0 bridgehead atoms. The third-order valence-corrected chi connectivity index (χ3v) is 3.65. The van der Waals surface area contributed by atoms with Crippen LogP contribution in [0.25, 0.3) is 0 Å². The van der Waals surface area contributed by atoms with E-state index in [1.165, 1.54) is 17.7 Å². The summed E-state index contributed by atoms with van der Waals surface area (Å²) in [5.41, 5.74) is 1.61. The van der Waals surface area contributed by atoms with E-state index in [1.54, 1.807) is 4.90 Å². The lowest BCUT2D eigenvalue weighted by atomic mass is 9.83. The van der Waals surface area contributed by atoms with Crippen molar-refractivity contribution in [2.24, 2.45) is 5.41 Å². The van der Waals surface area contributed by atoms with Gasteiger partial charge in [0.25, 0.3) is 5.91 Å². The highest BCUT2D eigenvalue weighted by atomic mass is 19.1.